The first kappa shape index (κ1) is 25.2. The molecule has 0 unspecified atom stereocenters. The number of aryl methyl sites for hydroxylation is 3. The number of amides is 1. The molecule has 1 heterocycles. The molecule has 3 rings (SSSR count). The Morgan fingerprint density at radius 1 is 1.03 bits per heavy atom. The summed E-state index contributed by atoms with van der Waals surface area (Å²) in [4.78, 5) is 16.5. The number of aromatic hydroxyl groups is 1. The molecule has 34 heavy (non-hydrogen) atoms. The minimum atomic E-state index is -4.90. The highest BCUT2D eigenvalue weighted by Gasteiger charge is 2.40. The second kappa shape index (κ2) is 8.75. The van der Waals surface area contributed by atoms with Gasteiger partial charge in [0, 0.05) is 36.1 Å². The van der Waals surface area contributed by atoms with E-state index in [0.29, 0.717) is 16.7 Å². The fraction of sp³-hybridized carbons (Fsp3) is 0.250. The molecular formula is C24H23F3N2O4S. The van der Waals surface area contributed by atoms with Crippen LogP contribution < -0.4 is 5.32 Å². The van der Waals surface area contributed by atoms with Crippen molar-refractivity contribution in [3.63, 3.8) is 0 Å². The first-order chi connectivity index (χ1) is 15.7. The Balaban J connectivity index is 2.06. The van der Waals surface area contributed by atoms with Crippen LogP contribution in [0.2, 0.25) is 0 Å². The highest BCUT2D eigenvalue weighted by atomic mass is 32.2. The SMILES string of the molecule is Cc1cc(S(=O)(=O)C(C)(F)F)ccc1NC(=O)c1c(C)c(F)cc(-c2c(C)cncc2C)c1O. The Hall–Kier alpha value is -3.40. The molecule has 0 spiro atoms. The number of hydrogen-bond acceptors (Lipinski definition) is 5. The zero-order valence-electron chi connectivity index (χ0n) is 19.1. The summed E-state index contributed by atoms with van der Waals surface area (Å²) in [6, 6.07) is 4.26. The van der Waals surface area contributed by atoms with Gasteiger partial charge in [-0.25, -0.2) is 12.8 Å². The number of sulfone groups is 1. The first-order valence-electron chi connectivity index (χ1n) is 10.1. The topological polar surface area (TPSA) is 96.4 Å². The van der Waals surface area contributed by atoms with Gasteiger partial charge in [0.25, 0.3) is 5.91 Å². The van der Waals surface area contributed by atoms with Crippen molar-refractivity contribution in [2.45, 2.75) is 44.8 Å². The molecule has 6 nitrogen and oxygen atoms in total. The number of phenolic OH excluding ortho intramolecular Hbond substituents is 1. The van der Waals surface area contributed by atoms with Gasteiger partial charge in [-0.05, 0) is 74.2 Å². The van der Waals surface area contributed by atoms with Crippen molar-refractivity contribution in [1.82, 2.24) is 4.98 Å². The average Bonchev–Trinajstić information content (AvgIpc) is 2.72. The van der Waals surface area contributed by atoms with Gasteiger partial charge in [-0.1, -0.05) is 0 Å². The smallest absolute Gasteiger partial charge is 0.347 e. The number of carbonyl (C=O) groups excluding carboxylic acids is 1. The van der Waals surface area contributed by atoms with Gasteiger partial charge in [0.15, 0.2) is 0 Å². The first-order valence-corrected chi connectivity index (χ1v) is 11.6. The number of rotatable bonds is 5. The zero-order chi connectivity index (χ0) is 25.6. The summed E-state index contributed by atoms with van der Waals surface area (Å²) in [6.45, 7) is 6.53. The van der Waals surface area contributed by atoms with Crippen molar-refractivity contribution in [1.29, 1.82) is 0 Å². The third kappa shape index (κ3) is 4.37. The van der Waals surface area contributed by atoms with E-state index >= 15 is 0 Å². The van der Waals surface area contributed by atoms with Crippen LogP contribution in [0, 0.1) is 33.5 Å². The van der Waals surface area contributed by atoms with Crippen LogP contribution in [0.5, 0.6) is 5.75 Å². The number of nitrogens with one attached hydrogen (secondary N) is 1. The molecule has 10 heteroatoms. The molecule has 0 fully saturated rings. The number of benzene rings is 2. The summed E-state index contributed by atoms with van der Waals surface area (Å²) in [5.74, 6) is -1.99. The number of phenols is 1. The number of anilines is 1. The minimum absolute atomic E-state index is 0.0920. The summed E-state index contributed by atoms with van der Waals surface area (Å²) in [6.07, 6.45) is 3.11. The summed E-state index contributed by atoms with van der Waals surface area (Å²) < 4.78 is 65.8. The van der Waals surface area contributed by atoms with Gasteiger partial charge >= 0.3 is 5.25 Å². The molecule has 180 valence electrons. The quantitative estimate of drug-likeness (QED) is 0.493. The number of alkyl halides is 2. The second-order valence-corrected chi connectivity index (χ2v) is 10.3. The predicted molar refractivity (Wildman–Crippen MR) is 122 cm³/mol. The lowest BCUT2D eigenvalue weighted by molar-refractivity contribution is 0.102. The number of pyridine rings is 1. The van der Waals surface area contributed by atoms with E-state index in [1.54, 1.807) is 26.2 Å². The number of carbonyl (C=O) groups is 1. The molecule has 1 amide bonds. The third-order valence-electron chi connectivity index (χ3n) is 5.55. The largest absolute Gasteiger partial charge is 0.506 e. The number of aromatic nitrogens is 1. The maximum Gasteiger partial charge on any atom is 0.347 e. The highest BCUT2D eigenvalue weighted by Crippen LogP contribution is 2.39. The molecule has 0 saturated carbocycles. The van der Waals surface area contributed by atoms with Gasteiger partial charge in [0.05, 0.1) is 10.5 Å². The highest BCUT2D eigenvalue weighted by molar-refractivity contribution is 7.92. The minimum Gasteiger partial charge on any atom is -0.506 e. The van der Waals surface area contributed by atoms with E-state index in [1.165, 1.54) is 13.8 Å². The molecule has 0 aliphatic carbocycles. The molecule has 0 saturated heterocycles. The van der Waals surface area contributed by atoms with Crippen molar-refractivity contribution in [2.75, 3.05) is 5.32 Å². The van der Waals surface area contributed by atoms with E-state index in [1.807, 2.05) is 0 Å². The second-order valence-electron chi connectivity index (χ2n) is 8.14. The van der Waals surface area contributed by atoms with Gasteiger partial charge in [-0.15, -0.1) is 0 Å². The van der Waals surface area contributed by atoms with Crippen LogP contribution >= 0.6 is 0 Å². The molecular weight excluding hydrogens is 469 g/mol. The van der Waals surface area contributed by atoms with Gasteiger partial charge < -0.3 is 10.4 Å². The van der Waals surface area contributed by atoms with Gasteiger partial charge in [-0.2, -0.15) is 8.78 Å². The van der Waals surface area contributed by atoms with Crippen LogP contribution in [0.1, 0.15) is 39.5 Å². The summed E-state index contributed by atoms with van der Waals surface area (Å²) in [5.41, 5.74) is 1.90. The van der Waals surface area contributed by atoms with Crippen molar-refractivity contribution < 1.29 is 31.5 Å². The number of nitrogens with zero attached hydrogens (tertiary/aromatic N) is 1. The van der Waals surface area contributed by atoms with Crippen LogP contribution in [-0.2, 0) is 9.84 Å². The monoisotopic (exact) mass is 492 g/mol. The van der Waals surface area contributed by atoms with Crippen LogP contribution in [0.15, 0.2) is 41.6 Å². The van der Waals surface area contributed by atoms with Crippen LogP contribution in [0.25, 0.3) is 11.1 Å². The van der Waals surface area contributed by atoms with Crippen molar-refractivity contribution in [3.8, 4) is 16.9 Å². The predicted octanol–water partition coefficient (Wildman–Crippen LogP) is 5.47. The van der Waals surface area contributed by atoms with E-state index in [-0.39, 0.29) is 34.9 Å². The van der Waals surface area contributed by atoms with Crippen LogP contribution in [0.4, 0.5) is 18.9 Å². The number of halogens is 3. The van der Waals surface area contributed by atoms with E-state index in [0.717, 1.165) is 24.3 Å². The molecule has 2 N–H and O–H groups in total. The molecule has 0 atom stereocenters. The van der Waals surface area contributed by atoms with E-state index in [2.05, 4.69) is 10.3 Å². The molecule has 3 aromatic rings. The molecule has 0 aliphatic heterocycles. The summed E-state index contributed by atoms with van der Waals surface area (Å²) in [5, 5.41) is 9.47. The Morgan fingerprint density at radius 3 is 2.15 bits per heavy atom. The Morgan fingerprint density at radius 2 is 1.62 bits per heavy atom. The van der Waals surface area contributed by atoms with Crippen molar-refractivity contribution >= 4 is 21.4 Å². The summed E-state index contributed by atoms with van der Waals surface area (Å²) in [7, 11) is -4.90. The van der Waals surface area contributed by atoms with Gasteiger partial charge in [0.2, 0.25) is 9.84 Å². The van der Waals surface area contributed by atoms with E-state index in [4.69, 9.17) is 0 Å². The normalized spacial score (nSPS) is 12.0. The Bertz CT molecular complexity index is 1390. The molecule has 0 bridgehead atoms. The zero-order valence-corrected chi connectivity index (χ0v) is 19.9. The molecule has 1 aromatic heterocycles. The lowest BCUT2D eigenvalue weighted by Gasteiger charge is -2.18. The van der Waals surface area contributed by atoms with Gasteiger partial charge in [0.1, 0.15) is 11.6 Å². The van der Waals surface area contributed by atoms with Crippen LogP contribution in [0.3, 0.4) is 0 Å². The standard InChI is InChI=1S/C24H23F3N2O4S/c1-12-8-16(34(32,33)24(5,26)27)6-7-19(12)29-23(31)21-15(4)18(25)9-17(22(21)30)20-13(2)10-28-11-14(20)3/h6-11,30H,1-5H3,(H,29,31). The summed E-state index contributed by atoms with van der Waals surface area (Å²) >= 11 is 0. The van der Waals surface area contributed by atoms with Crippen molar-refractivity contribution in [3.05, 3.63) is 70.3 Å². The van der Waals surface area contributed by atoms with Crippen molar-refractivity contribution in [2.24, 2.45) is 0 Å². The van der Waals surface area contributed by atoms with Crippen LogP contribution in [-0.4, -0.2) is 29.7 Å². The molecule has 0 radical (unpaired) electrons. The fourth-order valence-corrected chi connectivity index (χ4v) is 4.66. The lowest BCUT2D eigenvalue weighted by Crippen LogP contribution is -2.25. The van der Waals surface area contributed by atoms with E-state index in [9.17, 15) is 31.5 Å². The molecule has 0 aliphatic rings. The van der Waals surface area contributed by atoms with Gasteiger partial charge in [-0.3, -0.25) is 9.78 Å². The Kier molecular flexibility index (Phi) is 6.49. The average molecular weight is 493 g/mol. The Labute approximate surface area is 195 Å². The maximum atomic E-state index is 14.8. The third-order valence-corrected chi connectivity index (χ3v) is 7.36. The lowest BCUT2D eigenvalue weighted by atomic mass is 9.92. The van der Waals surface area contributed by atoms with E-state index < -0.39 is 37.5 Å². The maximum absolute atomic E-state index is 14.8. The molecule has 2 aromatic carbocycles. The fourth-order valence-electron chi connectivity index (χ4n) is 3.66. The number of hydrogen-bond donors (Lipinski definition) is 2.